The summed E-state index contributed by atoms with van der Waals surface area (Å²) in [6.45, 7) is 11.6. The highest BCUT2D eigenvalue weighted by atomic mass is 16.5. The molecule has 0 saturated heterocycles. The van der Waals surface area contributed by atoms with Crippen LogP contribution in [0.15, 0.2) is 18.2 Å². The molecule has 0 radical (unpaired) electrons. The Morgan fingerprint density at radius 2 is 1.79 bits per heavy atom. The van der Waals surface area contributed by atoms with Crippen LogP contribution in [0, 0.1) is 5.92 Å². The molecule has 0 saturated carbocycles. The number of aldehydes is 1. The van der Waals surface area contributed by atoms with Crippen molar-refractivity contribution >= 4 is 12.0 Å². The molecule has 0 amide bonds. The first-order valence-corrected chi connectivity index (χ1v) is 9.66. The van der Waals surface area contributed by atoms with Crippen molar-refractivity contribution in [3.05, 3.63) is 23.8 Å². The molecule has 0 aliphatic carbocycles. The number of hydrogen-bond donors (Lipinski definition) is 0. The van der Waals surface area contributed by atoms with Gasteiger partial charge in [-0.3, -0.25) is 4.79 Å². The van der Waals surface area contributed by atoms with Crippen LogP contribution >= 0.6 is 0 Å². The Labute approximate surface area is 148 Å². The van der Waals surface area contributed by atoms with Gasteiger partial charge < -0.3 is 9.64 Å². The standard InChI is InChI=1S/C21H35NO2/c1-5-9-10-18(8-4)17-24-21-15-20(12-11-19(21)16-23)22(13-6-2)14-7-3/h11-12,15-16,18H,5-10,13-14,17H2,1-4H3. The van der Waals surface area contributed by atoms with E-state index in [0.29, 0.717) is 18.1 Å². The lowest BCUT2D eigenvalue weighted by Crippen LogP contribution is -2.25. The van der Waals surface area contributed by atoms with Gasteiger partial charge in [0.05, 0.1) is 12.2 Å². The molecule has 24 heavy (non-hydrogen) atoms. The molecule has 1 aromatic rings. The fraction of sp³-hybridized carbons (Fsp3) is 0.667. The number of carbonyl (C=O) groups is 1. The van der Waals surface area contributed by atoms with E-state index in [9.17, 15) is 4.79 Å². The van der Waals surface area contributed by atoms with Crippen LogP contribution in [0.4, 0.5) is 5.69 Å². The summed E-state index contributed by atoms with van der Waals surface area (Å²) in [6.07, 6.45) is 7.89. The first kappa shape index (κ1) is 20.5. The van der Waals surface area contributed by atoms with Crippen molar-refractivity contribution in [3.63, 3.8) is 0 Å². The number of anilines is 1. The number of rotatable bonds is 13. The molecular formula is C21H35NO2. The molecule has 1 atom stereocenters. The highest BCUT2D eigenvalue weighted by Crippen LogP contribution is 2.26. The van der Waals surface area contributed by atoms with Crippen molar-refractivity contribution in [2.75, 3.05) is 24.6 Å². The molecule has 1 unspecified atom stereocenters. The fourth-order valence-corrected chi connectivity index (χ4v) is 2.96. The summed E-state index contributed by atoms with van der Waals surface area (Å²) < 4.78 is 6.07. The van der Waals surface area contributed by atoms with Crippen LogP contribution in [-0.2, 0) is 0 Å². The summed E-state index contributed by atoms with van der Waals surface area (Å²) in [4.78, 5) is 13.7. The lowest BCUT2D eigenvalue weighted by molar-refractivity contribution is 0.111. The Morgan fingerprint density at radius 1 is 1.08 bits per heavy atom. The van der Waals surface area contributed by atoms with Gasteiger partial charge in [0.1, 0.15) is 5.75 Å². The molecule has 0 fully saturated rings. The molecule has 3 nitrogen and oxygen atoms in total. The van der Waals surface area contributed by atoms with Gasteiger partial charge in [-0.15, -0.1) is 0 Å². The summed E-state index contributed by atoms with van der Waals surface area (Å²) in [5.41, 5.74) is 1.80. The van der Waals surface area contributed by atoms with Crippen LogP contribution in [0.3, 0.4) is 0 Å². The quantitative estimate of drug-likeness (QED) is 0.432. The minimum absolute atomic E-state index is 0.565. The number of ether oxygens (including phenoxy) is 1. The summed E-state index contributed by atoms with van der Waals surface area (Å²) >= 11 is 0. The van der Waals surface area contributed by atoms with Gasteiger partial charge in [-0.1, -0.05) is 47.0 Å². The molecule has 0 spiro atoms. The Bertz CT molecular complexity index is 467. The van der Waals surface area contributed by atoms with Crippen molar-refractivity contribution in [2.45, 2.75) is 66.2 Å². The van der Waals surface area contributed by atoms with E-state index < -0.39 is 0 Å². The summed E-state index contributed by atoms with van der Waals surface area (Å²) in [6, 6.07) is 5.97. The number of carbonyl (C=O) groups excluding carboxylic acids is 1. The van der Waals surface area contributed by atoms with E-state index in [4.69, 9.17) is 4.74 Å². The summed E-state index contributed by atoms with van der Waals surface area (Å²) in [5.74, 6) is 1.30. The van der Waals surface area contributed by atoms with Crippen molar-refractivity contribution in [3.8, 4) is 5.75 Å². The monoisotopic (exact) mass is 333 g/mol. The molecule has 3 heteroatoms. The molecule has 0 aliphatic rings. The molecular weight excluding hydrogens is 298 g/mol. The highest BCUT2D eigenvalue weighted by Gasteiger charge is 2.12. The van der Waals surface area contributed by atoms with Gasteiger partial charge in [0, 0.05) is 24.8 Å². The molecule has 0 heterocycles. The molecule has 1 aromatic carbocycles. The van der Waals surface area contributed by atoms with Crippen molar-refractivity contribution < 1.29 is 9.53 Å². The Hall–Kier alpha value is -1.51. The van der Waals surface area contributed by atoms with Gasteiger partial charge in [-0.25, -0.2) is 0 Å². The zero-order valence-corrected chi connectivity index (χ0v) is 16.0. The third-order valence-electron chi connectivity index (χ3n) is 4.49. The van der Waals surface area contributed by atoms with E-state index in [2.05, 4.69) is 32.6 Å². The smallest absolute Gasteiger partial charge is 0.153 e. The van der Waals surface area contributed by atoms with Gasteiger partial charge in [-0.2, -0.15) is 0 Å². The maximum atomic E-state index is 11.4. The zero-order valence-electron chi connectivity index (χ0n) is 16.0. The molecule has 0 aliphatic heterocycles. The van der Waals surface area contributed by atoms with Crippen LogP contribution in [-0.4, -0.2) is 26.0 Å². The first-order chi connectivity index (χ1) is 11.7. The van der Waals surface area contributed by atoms with Crippen LogP contribution in [0.2, 0.25) is 0 Å². The Morgan fingerprint density at radius 3 is 2.33 bits per heavy atom. The van der Waals surface area contributed by atoms with Crippen LogP contribution in [0.25, 0.3) is 0 Å². The van der Waals surface area contributed by atoms with E-state index in [1.807, 2.05) is 18.2 Å². The fourth-order valence-electron chi connectivity index (χ4n) is 2.96. The number of benzene rings is 1. The van der Waals surface area contributed by atoms with E-state index in [-0.39, 0.29) is 0 Å². The second-order valence-corrected chi connectivity index (χ2v) is 6.55. The molecule has 0 aromatic heterocycles. The number of nitrogens with zero attached hydrogens (tertiary/aromatic N) is 1. The summed E-state index contributed by atoms with van der Waals surface area (Å²) in [7, 11) is 0. The van der Waals surface area contributed by atoms with Gasteiger partial charge in [0.15, 0.2) is 6.29 Å². The van der Waals surface area contributed by atoms with Gasteiger partial charge in [0.25, 0.3) is 0 Å². The van der Waals surface area contributed by atoms with Crippen molar-refractivity contribution in [2.24, 2.45) is 5.92 Å². The third kappa shape index (κ3) is 6.54. The number of unbranched alkanes of at least 4 members (excludes halogenated alkanes) is 1. The number of hydrogen-bond acceptors (Lipinski definition) is 3. The minimum atomic E-state index is 0.565. The van der Waals surface area contributed by atoms with Crippen LogP contribution < -0.4 is 9.64 Å². The first-order valence-electron chi connectivity index (χ1n) is 9.66. The second-order valence-electron chi connectivity index (χ2n) is 6.55. The second kappa shape index (κ2) is 11.9. The molecule has 0 N–H and O–H groups in total. The average molecular weight is 334 g/mol. The van der Waals surface area contributed by atoms with Gasteiger partial charge in [-0.05, 0) is 37.3 Å². The van der Waals surface area contributed by atoms with E-state index in [0.717, 1.165) is 50.1 Å². The molecule has 1 rings (SSSR count). The van der Waals surface area contributed by atoms with Crippen molar-refractivity contribution in [1.82, 2.24) is 0 Å². The van der Waals surface area contributed by atoms with Gasteiger partial charge >= 0.3 is 0 Å². The largest absolute Gasteiger partial charge is 0.492 e. The van der Waals surface area contributed by atoms with Crippen LogP contribution in [0.5, 0.6) is 5.75 Å². The topological polar surface area (TPSA) is 29.5 Å². The highest BCUT2D eigenvalue weighted by molar-refractivity contribution is 5.80. The average Bonchev–Trinajstić information content (AvgIpc) is 2.61. The maximum absolute atomic E-state index is 11.4. The lowest BCUT2D eigenvalue weighted by atomic mass is 10.0. The molecule has 0 bridgehead atoms. The normalized spacial score (nSPS) is 12.0. The maximum Gasteiger partial charge on any atom is 0.153 e. The van der Waals surface area contributed by atoms with Crippen molar-refractivity contribution in [1.29, 1.82) is 0 Å². The zero-order chi connectivity index (χ0) is 17.8. The summed E-state index contributed by atoms with van der Waals surface area (Å²) in [5, 5.41) is 0. The van der Waals surface area contributed by atoms with E-state index >= 15 is 0 Å². The third-order valence-corrected chi connectivity index (χ3v) is 4.49. The predicted molar refractivity (Wildman–Crippen MR) is 103 cm³/mol. The molecule has 136 valence electrons. The Kier molecular flexibility index (Phi) is 10.2. The van der Waals surface area contributed by atoms with E-state index in [1.165, 1.54) is 19.3 Å². The minimum Gasteiger partial charge on any atom is -0.492 e. The SMILES string of the molecule is CCCCC(CC)COc1cc(N(CCC)CCC)ccc1C=O. The van der Waals surface area contributed by atoms with Crippen LogP contribution in [0.1, 0.15) is 76.6 Å². The predicted octanol–water partition coefficient (Wildman–Crippen LogP) is 5.72. The lowest BCUT2D eigenvalue weighted by Gasteiger charge is -2.25. The Balaban J connectivity index is 2.86. The van der Waals surface area contributed by atoms with E-state index in [1.54, 1.807) is 0 Å². The van der Waals surface area contributed by atoms with Gasteiger partial charge in [0.2, 0.25) is 0 Å².